The maximum absolute atomic E-state index is 9.63. The Morgan fingerprint density at radius 2 is 2.12 bits per heavy atom. The fourth-order valence-corrected chi connectivity index (χ4v) is 3.42. The van der Waals surface area contributed by atoms with Gasteiger partial charge in [-0.3, -0.25) is 0 Å². The van der Waals surface area contributed by atoms with Crippen LogP contribution in [0.1, 0.15) is 35.1 Å². The molecule has 8 heteroatoms. The summed E-state index contributed by atoms with van der Waals surface area (Å²) < 4.78 is 10.8. The van der Waals surface area contributed by atoms with Crippen LogP contribution in [-0.4, -0.2) is 59.7 Å². The third-order valence-corrected chi connectivity index (χ3v) is 5.18. The Balaban J connectivity index is 1.63. The first-order chi connectivity index (χ1) is 12.5. The van der Waals surface area contributed by atoms with Crippen molar-refractivity contribution in [2.45, 2.75) is 38.8 Å². The number of ether oxygens (including phenoxy) is 1. The smallest absolute Gasteiger partial charge is 0.227 e. The number of aliphatic hydroxyl groups excluding tert-OH is 1. The van der Waals surface area contributed by atoms with E-state index in [1.54, 1.807) is 0 Å². The molecule has 0 unspecified atom stereocenters. The predicted molar refractivity (Wildman–Crippen MR) is 96.5 cm³/mol. The first kappa shape index (κ1) is 17.2. The SMILES string of the molecule is Cc1noc(C)c1CN(C)c1cc([C@@H]2CCOC2)nc(N2CC(O)C2)n1. The van der Waals surface area contributed by atoms with Gasteiger partial charge >= 0.3 is 0 Å². The van der Waals surface area contributed by atoms with Crippen molar-refractivity contribution in [2.24, 2.45) is 0 Å². The lowest BCUT2D eigenvalue weighted by Gasteiger charge is -2.36. The zero-order valence-corrected chi connectivity index (χ0v) is 15.5. The molecule has 1 N–H and O–H groups in total. The van der Waals surface area contributed by atoms with Gasteiger partial charge < -0.3 is 24.2 Å². The molecule has 2 aliphatic rings. The van der Waals surface area contributed by atoms with Gasteiger partial charge in [-0.1, -0.05) is 5.16 Å². The van der Waals surface area contributed by atoms with Crippen LogP contribution in [-0.2, 0) is 11.3 Å². The molecule has 140 valence electrons. The van der Waals surface area contributed by atoms with Gasteiger partial charge in [-0.15, -0.1) is 0 Å². The molecule has 2 saturated heterocycles. The summed E-state index contributed by atoms with van der Waals surface area (Å²) in [5.74, 6) is 2.67. The van der Waals surface area contributed by atoms with Crippen molar-refractivity contribution in [3.05, 3.63) is 28.8 Å². The van der Waals surface area contributed by atoms with Crippen molar-refractivity contribution < 1.29 is 14.4 Å². The Hall–Kier alpha value is -2.19. The third kappa shape index (κ3) is 3.26. The average Bonchev–Trinajstić information content (AvgIpc) is 3.24. The highest BCUT2D eigenvalue weighted by Gasteiger charge is 2.29. The predicted octanol–water partition coefficient (Wildman–Crippen LogP) is 1.40. The maximum Gasteiger partial charge on any atom is 0.227 e. The van der Waals surface area contributed by atoms with Crippen LogP contribution in [0.15, 0.2) is 10.6 Å². The summed E-state index contributed by atoms with van der Waals surface area (Å²) >= 11 is 0. The number of nitrogens with zero attached hydrogens (tertiary/aromatic N) is 5. The molecular weight excluding hydrogens is 334 g/mol. The second kappa shape index (κ2) is 6.85. The zero-order valence-electron chi connectivity index (χ0n) is 15.5. The lowest BCUT2D eigenvalue weighted by atomic mass is 10.0. The van der Waals surface area contributed by atoms with E-state index in [1.165, 1.54) is 0 Å². The first-order valence-corrected chi connectivity index (χ1v) is 9.04. The van der Waals surface area contributed by atoms with E-state index >= 15 is 0 Å². The monoisotopic (exact) mass is 359 g/mol. The van der Waals surface area contributed by atoms with E-state index in [2.05, 4.69) is 16.1 Å². The number of β-amino-alcohol motifs (C(OH)–C–C–N with tert-alkyl or cyclic N) is 1. The molecule has 0 bridgehead atoms. The summed E-state index contributed by atoms with van der Waals surface area (Å²) in [6, 6.07) is 2.05. The van der Waals surface area contributed by atoms with Gasteiger partial charge in [0.05, 0.1) is 24.1 Å². The Kier molecular flexibility index (Phi) is 4.54. The van der Waals surface area contributed by atoms with E-state index < -0.39 is 0 Å². The van der Waals surface area contributed by atoms with Crippen LogP contribution in [0.2, 0.25) is 0 Å². The molecule has 4 heterocycles. The summed E-state index contributed by atoms with van der Waals surface area (Å²) in [5, 5.41) is 13.7. The van der Waals surface area contributed by atoms with Crippen molar-refractivity contribution in [3.63, 3.8) is 0 Å². The molecule has 0 amide bonds. The van der Waals surface area contributed by atoms with Gasteiger partial charge in [0.2, 0.25) is 5.95 Å². The van der Waals surface area contributed by atoms with Gasteiger partial charge in [0.25, 0.3) is 0 Å². The zero-order chi connectivity index (χ0) is 18.3. The Bertz CT molecular complexity index is 762. The lowest BCUT2D eigenvalue weighted by Crippen LogP contribution is -2.51. The number of aliphatic hydroxyl groups is 1. The molecule has 2 aromatic heterocycles. The van der Waals surface area contributed by atoms with Crippen molar-refractivity contribution in [3.8, 4) is 0 Å². The first-order valence-electron chi connectivity index (χ1n) is 9.04. The minimum Gasteiger partial charge on any atom is -0.389 e. The molecule has 4 rings (SSSR count). The summed E-state index contributed by atoms with van der Waals surface area (Å²) in [5.41, 5.74) is 2.99. The van der Waals surface area contributed by atoms with Gasteiger partial charge in [0.1, 0.15) is 11.6 Å². The lowest BCUT2D eigenvalue weighted by molar-refractivity contribution is 0.140. The van der Waals surface area contributed by atoms with E-state index in [9.17, 15) is 5.11 Å². The second-order valence-electron chi connectivity index (χ2n) is 7.23. The topological polar surface area (TPSA) is 87.8 Å². The van der Waals surface area contributed by atoms with Crippen LogP contribution in [0.4, 0.5) is 11.8 Å². The number of anilines is 2. The fraction of sp³-hybridized carbons (Fsp3) is 0.611. The molecule has 0 saturated carbocycles. The minimum atomic E-state index is -0.291. The van der Waals surface area contributed by atoms with Crippen molar-refractivity contribution in [2.75, 3.05) is 43.2 Å². The van der Waals surface area contributed by atoms with Crippen LogP contribution >= 0.6 is 0 Å². The van der Waals surface area contributed by atoms with Gasteiger partial charge in [-0.2, -0.15) is 4.98 Å². The van der Waals surface area contributed by atoms with Crippen LogP contribution in [0.25, 0.3) is 0 Å². The molecular formula is C18H25N5O3. The van der Waals surface area contributed by atoms with E-state index in [0.717, 1.165) is 41.6 Å². The van der Waals surface area contributed by atoms with E-state index in [1.807, 2.05) is 25.8 Å². The van der Waals surface area contributed by atoms with Crippen LogP contribution < -0.4 is 9.80 Å². The molecule has 1 atom stereocenters. The normalized spacial score (nSPS) is 20.5. The van der Waals surface area contributed by atoms with E-state index in [4.69, 9.17) is 19.2 Å². The molecule has 2 fully saturated rings. The van der Waals surface area contributed by atoms with Gasteiger partial charge in [0, 0.05) is 50.8 Å². The molecule has 2 aromatic rings. The number of aromatic nitrogens is 3. The molecule has 0 spiro atoms. The van der Waals surface area contributed by atoms with Crippen molar-refractivity contribution in [1.82, 2.24) is 15.1 Å². The summed E-state index contributed by atoms with van der Waals surface area (Å²) in [7, 11) is 2.01. The van der Waals surface area contributed by atoms with E-state index in [0.29, 0.717) is 38.1 Å². The molecule has 8 nitrogen and oxygen atoms in total. The number of rotatable bonds is 5. The van der Waals surface area contributed by atoms with Gasteiger partial charge in [-0.05, 0) is 20.3 Å². The highest BCUT2D eigenvalue weighted by Crippen LogP contribution is 2.29. The van der Waals surface area contributed by atoms with Gasteiger partial charge in [0.15, 0.2) is 0 Å². The quantitative estimate of drug-likeness (QED) is 0.857. The summed E-state index contributed by atoms with van der Waals surface area (Å²) in [6.45, 7) is 7.18. The van der Waals surface area contributed by atoms with Crippen LogP contribution in [0.3, 0.4) is 0 Å². The van der Waals surface area contributed by atoms with Crippen molar-refractivity contribution in [1.29, 1.82) is 0 Å². The Morgan fingerprint density at radius 1 is 1.31 bits per heavy atom. The Morgan fingerprint density at radius 3 is 2.73 bits per heavy atom. The Labute approximate surface area is 152 Å². The van der Waals surface area contributed by atoms with Crippen LogP contribution in [0, 0.1) is 13.8 Å². The van der Waals surface area contributed by atoms with Crippen LogP contribution in [0.5, 0.6) is 0 Å². The molecule has 2 aliphatic heterocycles. The number of aryl methyl sites for hydroxylation is 2. The highest BCUT2D eigenvalue weighted by molar-refractivity contribution is 5.48. The summed E-state index contributed by atoms with van der Waals surface area (Å²) in [4.78, 5) is 13.6. The minimum absolute atomic E-state index is 0.291. The molecule has 26 heavy (non-hydrogen) atoms. The second-order valence-corrected chi connectivity index (χ2v) is 7.23. The van der Waals surface area contributed by atoms with Gasteiger partial charge in [-0.25, -0.2) is 4.98 Å². The molecule has 0 radical (unpaired) electrons. The molecule has 0 aliphatic carbocycles. The largest absolute Gasteiger partial charge is 0.389 e. The molecule has 0 aromatic carbocycles. The standard InChI is InChI=1S/C18H25N5O3/c1-11-15(12(2)26-21-11)9-22(3)17-6-16(13-4-5-25-10-13)19-18(20-17)23-7-14(24)8-23/h6,13-14,24H,4-5,7-10H2,1-3H3/t13-/m1/s1. The maximum atomic E-state index is 9.63. The average molecular weight is 359 g/mol. The fourth-order valence-electron chi connectivity index (χ4n) is 3.42. The number of hydrogen-bond donors (Lipinski definition) is 1. The summed E-state index contributed by atoms with van der Waals surface area (Å²) in [6.07, 6.45) is 0.687. The van der Waals surface area contributed by atoms with E-state index in [-0.39, 0.29) is 6.10 Å². The highest BCUT2D eigenvalue weighted by atomic mass is 16.5. The number of hydrogen-bond acceptors (Lipinski definition) is 8. The third-order valence-electron chi connectivity index (χ3n) is 5.18. The van der Waals surface area contributed by atoms with Crippen molar-refractivity contribution >= 4 is 11.8 Å².